The van der Waals surface area contributed by atoms with Gasteiger partial charge in [0, 0.05) is 28.3 Å². The Hall–Kier alpha value is -2.20. The molecule has 0 aliphatic carbocycles. The van der Waals surface area contributed by atoms with E-state index in [0.717, 1.165) is 28.6 Å². The number of nitrogens with zero attached hydrogens (tertiary/aromatic N) is 2. The van der Waals surface area contributed by atoms with Crippen molar-refractivity contribution in [3.63, 3.8) is 0 Å². The van der Waals surface area contributed by atoms with E-state index in [4.69, 9.17) is 0 Å². The molecule has 2 aromatic carbocycles. The predicted molar refractivity (Wildman–Crippen MR) is 97.4 cm³/mol. The molecule has 0 saturated heterocycles. The van der Waals surface area contributed by atoms with Crippen LogP contribution in [0.4, 0.5) is 0 Å². The number of rotatable bonds is 4. The second-order valence-electron chi connectivity index (χ2n) is 5.33. The van der Waals surface area contributed by atoms with Gasteiger partial charge in [-0.15, -0.1) is 0 Å². The second-order valence-corrected chi connectivity index (χ2v) is 6.18. The van der Waals surface area contributed by atoms with Gasteiger partial charge in [0.15, 0.2) is 0 Å². The molecule has 0 spiro atoms. The molecule has 0 fully saturated rings. The van der Waals surface area contributed by atoms with Crippen molar-refractivity contribution in [1.82, 2.24) is 9.78 Å². The molecule has 3 nitrogen and oxygen atoms in total. The van der Waals surface area contributed by atoms with Gasteiger partial charge in [-0.3, -0.25) is 9.48 Å². The average Bonchev–Trinajstić information content (AvgIpc) is 2.58. The molecule has 1 heterocycles. The molecule has 0 aliphatic rings. The van der Waals surface area contributed by atoms with Crippen LogP contribution in [0, 0.1) is 0 Å². The molecule has 0 saturated carbocycles. The normalized spacial score (nSPS) is 10.7. The zero-order valence-electron chi connectivity index (χ0n) is 12.9. The van der Waals surface area contributed by atoms with Gasteiger partial charge in [-0.2, -0.15) is 5.10 Å². The summed E-state index contributed by atoms with van der Waals surface area (Å²) in [6.45, 7) is 2.87. The van der Waals surface area contributed by atoms with Gasteiger partial charge in [0.2, 0.25) is 5.43 Å². The maximum absolute atomic E-state index is 13.0. The fraction of sp³-hybridized carbons (Fsp3) is 0.158. The molecule has 0 unspecified atom stereocenters. The lowest BCUT2D eigenvalue weighted by molar-refractivity contribution is 0.590. The Balaban J connectivity index is 2.26. The molecule has 1 aromatic heterocycles. The molecule has 23 heavy (non-hydrogen) atoms. The Morgan fingerprint density at radius 3 is 2.39 bits per heavy atom. The second kappa shape index (κ2) is 6.92. The smallest absolute Gasteiger partial charge is 0.215 e. The third-order valence-corrected chi connectivity index (χ3v) is 4.32. The van der Waals surface area contributed by atoms with E-state index in [9.17, 15) is 4.79 Å². The molecule has 0 atom stereocenters. The van der Waals surface area contributed by atoms with E-state index in [0.29, 0.717) is 11.3 Å². The summed E-state index contributed by atoms with van der Waals surface area (Å²) in [7, 11) is 0. The first-order chi connectivity index (χ1) is 11.2. The van der Waals surface area contributed by atoms with E-state index in [2.05, 4.69) is 28.0 Å². The van der Waals surface area contributed by atoms with E-state index >= 15 is 0 Å². The highest BCUT2D eigenvalue weighted by Crippen LogP contribution is 2.26. The van der Waals surface area contributed by atoms with Crippen molar-refractivity contribution in [3.8, 4) is 22.4 Å². The highest BCUT2D eigenvalue weighted by atomic mass is 79.9. The average molecular weight is 369 g/mol. The first-order valence-corrected chi connectivity index (χ1v) is 8.42. The minimum atomic E-state index is -0.0459. The topological polar surface area (TPSA) is 34.9 Å². The lowest BCUT2D eigenvalue weighted by Crippen LogP contribution is -2.17. The van der Waals surface area contributed by atoms with Crippen molar-refractivity contribution in [2.24, 2.45) is 0 Å². The molecule has 0 aliphatic heterocycles. The zero-order valence-corrected chi connectivity index (χ0v) is 14.5. The van der Waals surface area contributed by atoms with Gasteiger partial charge in [-0.05, 0) is 18.1 Å². The monoisotopic (exact) mass is 368 g/mol. The molecule has 0 radical (unpaired) electrons. The molecule has 116 valence electrons. The van der Waals surface area contributed by atoms with Crippen LogP contribution < -0.4 is 5.43 Å². The van der Waals surface area contributed by atoms with Crippen LogP contribution in [0.3, 0.4) is 0 Å². The zero-order chi connectivity index (χ0) is 16.2. The Morgan fingerprint density at radius 1 is 1.00 bits per heavy atom. The van der Waals surface area contributed by atoms with Gasteiger partial charge in [0.25, 0.3) is 0 Å². The maximum Gasteiger partial charge on any atom is 0.215 e. The number of benzene rings is 2. The van der Waals surface area contributed by atoms with Gasteiger partial charge in [-0.25, -0.2) is 0 Å². The van der Waals surface area contributed by atoms with Crippen LogP contribution in [0.1, 0.15) is 13.3 Å². The van der Waals surface area contributed by atoms with Crippen molar-refractivity contribution in [3.05, 3.63) is 75.5 Å². The first-order valence-electron chi connectivity index (χ1n) is 7.62. The fourth-order valence-electron chi connectivity index (χ4n) is 2.53. The first kappa shape index (κ1) is 15.7. The molecule has 0 bridgehead atoms. The van der Waals surface area contributed by atoms with E-state index in [1.165, 1.54) is 0 Å². The summed E-state index contributed by atoms with van der Waals surface area (Å²) in [5.41, 5.74) is 2.85. The lowest BCUT2D eigenvalue weighted by atomic mass is 10.0. The standard InChI is InChI=1S/C19H17BrN2O/c1-2-12-22-13-16(14-8-4-3-5-9-14)19(23)18(21-22)15-10-6-7-11-17(15)20/h3-11,13H,2,12H2,1H3. The van der Waals surface area contributed by atoms with Gasteiger partial charge >= 0.3 is 0 Å². The number of halogens is 1. The molecule has 4 heteroatoms. The Kier molecular flexibility index (Phi) is 4.72. The molecule has 0 amide bonds. The van der Waals surface area contributed by atoms with Crippen LogP contribution in [0.15, 0.2) is 70.1 Å². The summed E-state index contributed by atoms with van der Waals surface area (Å²) >= 11 is 3.52. The van der Waals surface area contributed by atoms with Crippen molar-refractivity contribution in [2.45, 2.75) is 19.9 Å². The number of aromatic nitrogens is 2. The van der Waals surface area contributed by atoms with E-state index < -0.39 is 0 Å². The molecular weight excluding hydrogens is 352 g/mol. The van der Waals surface area contributed by atoms with E-state index in [1.54, 1.807) is 0 Å². The summed E-state index contributed by atoms with van der Waals surface area (Å²) in [6.07, 6.45) is 2.81. The molecule has 0 N–H and O–H groups in total. The predicted octanol–water partition coefficient (Wildman–Crippen LogP) is 4.75. The van der Waals surface area contributed by atoms with Crippen LogP contribution >= 0.6 is 15.9 Å². The third-order valence-electron chi connectivity index (χ3n) is 3.63. The van der Waals surface area contributed by atoms with E-state index in [-0.39, 0.29) is 5.43 Å². The van der Waals surface area contributed by atoms with Crippen molar-refractivity contribution >= 4 is 15.9 Å². The van der Waals surface area contributed by atoms with Crippen LogP contribution in [-0.2, 0) is 6.54 Å². The van der Waals surface area contributed by atoms with Crippen molar-refractivity contribution in [2.75, 3.05) is 0 Å². The number of aryl methyl sites for hydroxylation is 1. The van der Waals surface area contributed by atoms with Crippen LogP contribution in [0.5, 0.6) is 0 Å². The van der Waals surface area contributed by atoms with Crippen LogP contribution in [-0.4, -0.2) is 9.78 Å². The fourth-order valence-corrected chi connectivity index (χ4v) is 3.01. The van der Waals surface area contributed by atoms with Gasteiger partial charge < -0.3 is 0 Å². The molecule has 3 rings (SSSR count). The Labute approximate surface area is 143 Å². The summed E-state index contributed by atoms with van der Waals surface area (Å²) in [5, 5.41) is 4.55. The lowest BCUT2D eigenvalue weighted by Gasteiger charge is -2.11. The largest absolute Gasteiger partial charge is 0.287 e. The summed E-state index contributed by atoms with van der Waals surface area (Å²) in [5.74, 6) is 0. The third kappa shape index (κ3) is 3.27. The SMILES string of the molecule is CCCn1cc(-c2ccccc2)c(=O)c(-c2ccccc2Br)n1. The van der Waals surface area contributed by atoms with Gasteiger partial charge in [0.1, 0.15) is 5.69 Å². The van der Waals surface area contributed by atoms with Crippen molar-refractivity contribution < 1.29 is 0 Å². The minimum absolute atomic E-state index is 0.0459. The van der Waals surface area contributed by atoms with E-state index in [1.807, 2.05) is 65.5 Å². The number of hydrogen-bond donors (Lipinski definition) is 0. The Bertz CT molecular complexity index is 872. The molecular formula is C19H17BrN2O. The van der Waals surface area contributed by atoms with Gasteiger partial charge in [-0.1, -0.05) is 71.4 Å². The van der Waals surface area contributed by atoms with Crippen LogP contribution in [0.2, 0.25) is 0 Å². The summed E-state index contributed by atoms with van der Waals surface area (Å²) < 4.78 is 2.73. The minimum Gasteiger partial charge on any atom is -0.287 e. The Morgan fingerprint density at radius 2 is 1.70 bits per heavy atom. The summed E-state index contributed by atoms with van der Waals surface area (Å²) in [4.78, 5) is 13.0. The summed E-state index contributed by atoms with van der Waals surface area (Å²) in [6, 6.07) is 17.4. The quantitative estimate of drug-likeness (QED) is 0.665. The highest BCUT2D eigenvalue weighted by molar-refractivity contribution is 9.10. The van der Waals surface area contributed by atoms with Gasteiger partial charge in [0.05, 0.1) is 0 Å². The van der Waals surface area contributed by atoms with Crippen molar-refractivity contribution in [1.29, 1.82) is 0 Å². The maximum atomic E-state index is 13.0. The number of hydrogen-bond acceptors (Lipinski definition) is 2. The highest BCUT2D eigenvalue weighted by Gasteiger charge is 2.14. The van der Waals surface area contributed by atoms with Crippen LogP contribution in [0.25, 0.3) is 22.4 Å². The molecule has 3 aromatic rings.